The molecule has 1 aromatic carbocycles. The van der Waals surface area contributed by atoms with Gasteiger partial charge in [0.05, 0.1) is 0 Å². The Kier molecular flexibility index (Phi) is 5.02. The Balaban J connectivity index is 1.49. The number of terminal acetylenes is 1. The number of nitrogens with zero attached hydrogens (tertiary/aromatic N) is 1. The maximum atomic E-state index is 12.3. The van der Waals surface area contributed by atoms with Crippen LogP contribution in [0.2, 0.25) is 0 Å². The smallest absolute Gasteiger partial charge is 0.406 e. The lowest BCUT2D eigenvalue weighted by Crippen LogP contribution is -2.55. The summed E-state index contributed by atoms with van der Waals surface area (Å²) in [6, 6.07) is 6.55. The van der Waals surface area contributed by atoms with Crippen molar-refractivity contribution in [1.82, 2.24) is 10.2 Å². The van der Waals surface area contributed by atoms with Crippen molar-refractivity contribution in [2.24, 2.45) is 11.8 Å². The maximum absolute atomic E-state index is 12.3. The van der Waals surface area contributed by atoms with Crippen LogP contribution in [0.15, 0.2) is 24.3 Å². The average Bonchev–Trinajstić information content (AvgIpc) is 2.54. The molecule has 3 fully saturated rings. The molecule has 130 valence electrons. The third kappa shape index (κ3) is 4.22. The number of piperidine rings is 3. The third-order valence-electron chi connectivity index (χ3n) is 4.93. The number of alkyl halides is 3. The molecule has 3 aliphatic rings. The van der Waals surface area contributed by atoms with E-state index in [4.69, 9.17) is 6.42 Å². The van der Waals surface area contributed by atoms with Crippen molar-refractivity contribution in [1.29, 1.82) is 0 Å². The quantitative estimate of drug-likeness (QED) is 0.836. The fraction of sp³-hybridized carbons (Fsp3) is 0.556. The number of hydrogen-bond donors (Lipinski definition) is 1. The first kappa shape index (κ1) is 17.1. The second-order valence-corrected chi connectivity index (χ2v) is 6.53. The van der Waals surface area contributed by atoms with Gasteiger partial charge in [-0.05, 0) is 43.0 Å². The summed E-state index contributed by atoms with van der Waals surface area (Å²) in [5, 5.41) is 3.35. The van der Waals surface area contributed by atoms with Crippen LogP contribution in [0.5, 0.6) is 5.75 Å². The first-order valence-corrected chi connectivity index (χ1v) is 8.20. The van der Waals surface area contributed by atoms with Crippen LogP contribution in [-0.2, 0) is 6.54 Å². The molecule has 6 heteroatoms. The number of benzene rings is 1. The molecule has 24 heavy (non-hydrogen) atoms. The van der Waals surface area contributed by atoms with Gasteiger partial charge in [-0.3, -0.25) is 4.90 Å². The Hall–Kier alpha value is -1.71. The van der Waals surface area contributed by atoms with E-state index in [1.807, 2.05) is 0 Å². The van der Waals surface area contributed by atoms with Crippen LogP contribution in [0.3, 0.4) is 0 Å². The van der Waals surface area contributed by atoms with E-state index < -0.39 is 6.36 Å². The summed E-state index contributed by atoms with van der Waals surface area (Å²) < 4.78 is 40.7. The van der Waals surface area contributed by atoms with Gasteiger partial charge in [-0.25, -0.2) is 0 Å². The Bertz CT molecular complexity index is 611. The van der Waals surface area contributed by atoms with E-state index in [2.05, 4.69) is 20.9 Å². The Labute approximate surface area is 140 Å². The minimum Gasteiger partial charge on any atom is -0.406 e. The van der Waals surface area contributed by atoms with Gasteiger partial charge >= 0.3 is 6.36 Å². The van der Waals surface area contributed by atoms with Crippen LogP contribution < -0.4 is 10.1 Å². The third-order valence-corrected chi connectivity index (χ3v) is 4.93. The first-order valence-electron chi connectivity index (χ1n) is 8.20. The summed E-state index contributed by atoms with van der Waals surface area (Å²) in [7, 11) is 0. The minimum atomic E-state index is -4.66. The van der Waals surface area contributed by atoms with Gasteiger partial charge < -0.3 is 10.1 Å². The fourth-order valence-electron chi connectivity index (χ4n) is 3.78. The van der Waals surface area contributed by atoms with Crippen molar-refractivity contribution in [3.05, 3.63) is 29.8 Å². The molecule has 0 radical (unpaired) electrons. The maximum Gasteiger partial charge on any atom is 0.573 e. The van der Waals surface area contributed by atoms with Crippen LogP contribution in [0, 0.1) is 24.2 Å². The van der Waals surface area contributed by atoms with E-state index in [1.165, 1.54) is 18.6 Å². The van der Waals surface area contributed by atoms with Crippen molar-refractivity contribution in [2.45, 2.75) is 31.8 Å². The topological polar surface area (TPSA) is 24.5 Å². The average molecular weight is 338 g/mol. The highest BCUT2D eigenvalue weighted by molar-refractivity contribution is 5.28. The lowest BCUT2D eigenvalue weighted by Gasteiger charge is -2.48. The number of fused-ring (bicyclic) bond motifs is 3. The molecule has 3 heterocycles. The van der Waals surface area contributed by atoms with Gasteiger partial charge in [0.1, 0.15) is 5.75 Å². The molecule has 0 aliphatic carbocycles. The molecule has 1 aromatic rings. The van der Waals surface area contributed by atoms with Crippen LogP contribution in [0.25, 0.3) is 0 Å². The molecule has 2 bridgehead atoms. The molecule has 1 unspecified atom stereocenters. The molecule has 3 saturated heterocycles. The zero-order valence-corrected chi connectivity index (χ0v) is 13.4. The summed E-state index contributed by atoms with van der Waals surface area (Å²) in [5.74, 6) is 3.69. The molecular formula is C18H21F3N2O. The molecule has 1 N–H and O–H groups in total. The molecule has 4 rings (SSSR count). The van der Waals surface area contributed by atoms with Crippen molar-refractivity contribution < 1.29 is 17.9 Å². The summed E-state index contributed by atoms with van der Waals surface area (Å²) in [6.07, 6.45) is 3.19. The highest BCUT2D eigenvalue weighted by Gasteiger charge is 2.38. The van der Waals surface area contributed by atoms with E-state index in [-0.39, 0.29) is 5.75 Å². The molecule has 4 atom stereocenters. The van der Waals surface area contributed by atoms with Gasteiger partial charge in [-0.1, -0.05) is 12.1 Å². The molecule has 0 saturated carbocycles. The van der Waals surface area contributed by atoms with Gasteiger partial charge in [-0.15, -0.1) is 25.5 Å². The highest BCUT2D eigenvalue weighted by Crippen LogP contribution is 2.35. The standard InChI is InChI=1S/C18H21F3N2O/c1-2-14-12-23-7-6-15(14)9-16(23)11-22-10-13-4-3-5-17(8-13)24-18(19,20)21/h1,3-5,8,14-16,22H,6-7,9-12H2/t14-,15+,16-/m1/s1. The van der Waals surface area contributed by atoms with Gasteiger partial charge in [0.25, 0.3) is 0 Å². The number of hydrogen-bond acceptors (Lipinski definition) is 3. The van der Waals surface area contributed by atoms with Crippen LogP contribution in [0.1, 0.15) is 18.4 Å². The van der Waals surface area contributed by atoms with Crippen molar-refractivity contribution >= 4 is 0 Å². The monoisotopic (exact) mass is 338 g/mol. The van der Waals surface area contributed by atoms with Crippen LogP contribution in [0.4, 0.5) is 13.2 Å². The van der Waals surface area contributed by atoms with Crippen molar-refractivity contribution in [3.63, 3.8) is 0 Å². The molecule has 0 amide bonds. The van der Waals surface area contributed by atoms with E-state index in [9.17, 15) is 13.2 Å². The molecule has 3 nitrogen and oxygen atoms in total. The zero-order valence-electron chi connectivity index (χ0n) is 13.4. The number of halogens is 3. The van der Waals surface area contributed by atoms with Gasteiger partial charge in [0.15, 0.2) is 0 Å². The molecular weight excluding hydrogens is 317 g/mol. The second kappa shape index (κ2) is 7.04. The SMILES string of the molecule is C#C[C@@H]1CN2CC[C@H]1C[C@@H]2CNCc1cccc(OC(F)(F)F)c1. The Morgan fingerprint density at radius 1 is 1.38 bits per heavy atom. The fourth-order valence-corrected chi connectivity index (χ4v) is 3.78. The number of ether oxygens (including phenoxy) is 1. The van der Waals surface area contributed by atoms with E-state index in [0.29, 0.717) is 24.4 Å². The first-order chi connectivity index (χ1) is 11.4. The van der Waals surface area contributed by atoms with Crippen LogP contribution >= 0.6 is 0 Å². The largest absolute Gasteiger partial charge is 0.573 e. The molecule has 3 aliphatic heterocycles. The normalized spacial score (nSPS) is 29.2. The summed E-state index contributed by atoms with van der Waals surface area (Å²) in [5.41, 5.74) is 0.772. The van der Waals surface area contributed by atoms with E-state index >= 15 is 0 Å². The van der Waals surface area contributed by atoms with Crippen molar-refractivity contribution in [3.8, 4) is 18.1 Å². The molecule has 0 spiro atoms. The zero-order chi connectivity index (χ0) is 17.2. The predicted octanol–water partition coefficient (Wildman–Crippen LogP) is 3.02. The lowest BCUT2D eigenvalue weighted by molar-refractivity contribution is -0.274. The summed E-state index contributed by atoms with van der Waals surface area (Å²) in [4.78, 5) is 2.43. The van der Waals surface area contributed by atoms with Crippen LogP contribution in [-0.4, -0.2) is 36.9 Å². The second-order valence-electron chi connectivity index (χ2n) is 6.53. The van der Waals surface area contributed by atoms with Gasteiger partial charge in [0.2, 0.25) is 0 Å². The van der Waals surface area contributed by atoms with E-state index in [0.717, 1.165) is 31.6 Å². The minimum absolute atomic E-state index is 0.181. The highest BCUT2D eigenvalue weighted by atomic mass is 19.4. The number of nitrogens with one attached hydrogen (secondary N) is 1. The van der Waals surface area contributed by atoms with Crippen molar-refractivity contribution in [2.75, 3.05) is 19.6 Å². The van der Waals surface area contributed by atoms with Gasteiger partial charge in [-0.2, -0.15) is 0 Å². The number of rotatable bonds is 5. The molecule has 0 aromatic heterocycles. The summed E-state index contributed by atoms with van der Waals surface area (Å²) >= 11 is 0. The summed E-state index contributed by atoms with van der Waals surface area (Å²) in [6.45, 7) is 3.38. The predicted molar refractivity (Wildman–Crippen MR) is 85.2 cm³/mol. The Morgan fingerprint density at radius 3 is 2.88 bits per heavy atom. The van der Waals surface area contributed by atoms with E-state index in [1.54, 1.807) is 12.1 Å². The van der Waals surface area contributed by atoms with Gasteiger partial charge in [0, 0.05) is 31.6 Å². The lowest BCUT2D eigenvalue weighted by atomic mass is 9.76. The Morgan fingerprint density at radius 2 is 2.21 bits per heavy atom.